The monoisotopic (exact) mass is 639 g/mol. The summed E-state index contributed by atoms with van der Waals surface area (Å²) in [4.78, 5) is 41.8. The molecule has 0 unspecified atom stereocenters. The van der Waals surface area contributed by atoms with Gasteiger partial charge < -0.3 is 14.7 Å². The van der Waals surface area contributed by atoms with Crippen LogP contribution in [0.1, 0.15) is 76.8 Å². The Morgan fingerprint density at radius 3 is 2.15 bits per heavy atom. The van der Waals surface area contributed by atoms with E-state index in [0.717, 1.165) is 27.0 Å². The SMILES string of the molecule is CC1(C)CC(=O)C2=C(C1)N(CCC(=O)O)C1=C(C(=O)CC(C)(C)C1)C2c1cc(Br)ccc1OCc1cccc(Cl)c1. The van der Waals surface area contributed by atoms with Crippen molar-refractivity contribution in [2.24, 2.45) is 10.8 Å². The zero-order valence-corrected chi connectivity index (χ0v) is 26.2. The molecule has 6 nitrogen and oxygen atoms in total. The van der Waals surface area contributed by atoms with Crippen molar-refractivity contribution in [1.29, 1.82) is 0 Å². The zero-order valence-electron chi connectivity index (χ0n) is 23.9. The second-order valence-electron chi connectivity index (χ2n) is 12.9. The summed E-state index contributed by atoms with van der Waals surface area (Å²) in [5.74, 6) is -0.938. The highest BCUT2D eigenvalue weighted by atomic mass is 79.9. The smallest absolute Gasteiger partial charge is 0.305 e. The van der Waals surface area contributed by atoms with Gasteiger partial charge in [-0.25, -0.2) is 0 Å². The van der Waals surface area contributed by atoms with E-state index in [2.05, 4.69) is 43.6 Å². The second-order valence-corrected chi connectivity index (χ2v) is 14.3. The van der Waals surface area contributed by atoms with Gasteiger partial charge in [0.15, 0.2) is 11.6 Å². The van der Waals surface area contributed by atoms with Crippen molar-refractivity contribution in [3.8, 4) is 5.75 Å². The predicted molar refractivity (Wildman–Crippen MR) is 162 cm³/mol. The molecule has 0 bridgehead atoms. The van der Waals surface area contributed by atoms with Crippen molar-refractivity contribution in [3.05, 3.63) is 85.6 Å². The molecule has 216 valence electrons. The maximum Gasteiger partial charge on any atom is 0.305 e. The summed E-state index contributed by atoms with van der Waals surface area (Å²) in [6, 6.07) is 13.2. The summed E-state index contributed by atoms with van der Waals surface area (Å²) in [7, 11) is 0. The lowest BCUT2D eigenvalue weighted by atomic mass is 9.63. The van der Waals surface area contributed by atoms with Gasteiger partial charge in [-0.2, -0.15) is 0 Å². The number of carboxylic acid groups (broad SMARTS) is 1. The highest BCUT2D eigenvalue weighted by Gasteiger charge is 2.49. The van der Waals surface area contributed by atoms with E-state index in [0.29, 0.717) is 47.6 Å². The third-order valence-electron chi connectivity index (χ3n) is 8.14. The third-order valence-corrected chi connectivity index (χ3v) is 8.87. The minimum absolute atomic E-state index is 0.00785. The Hall–Kier alpha value is -2.90. The number of ether oxygens (including phenoxy) is 1. The number of carboxylic acids is 1. The number of halogens is 2. The van der Waals surface area contributed by atoms with E-state index in [1.165, 1.54) is 0 Å². The molecule has 0 saturated carbocycles. The predicted octanol–water partition coefficient (Wildman–Crippen LogP) is 7.84. The molecular formula is C33H35BrClNO5. The molecule has 1 aliphatic heterocycles. The molecular weight excluding hydrogens is 606 g/mol. The number of allylic oxidation sites excluding steroid dienone is 4. The lowest BCUT2D eigenvalue weighted by Gasteiger charge is -2.49. The highest BCUT2D eigenvalue weighted by Crippen LogP contribution is 2.55. The van der Waals surface area contributed by atoms with Crippen LogP contribution in [-0.4, -0.2) is 34.1 Å². The van der Waals surface area contributed by atoms with Crippen LogP contribution < -0.4 is 4.74 Å². The molecule has 0 atom stereocenters. The van der Waals surface area contributed by atoms with Crippen LogP contribution in [0.5, 0.6) is 5.75 Å². The van der Waals surface area contributed by atoms with E-state index in [1.807, 2.05) is 47.4 Å². The first kappa shape index (κ1) is 29.6. The van der Waals surface area contributed by atoms with Gasteiger partial charge in [-0.05, 0) is 59.6 Å². The first-order valence-electron chi connectivity index (χ1n) is 13.9. The summed E-state index contributed by atoms with van der Waals surface area (Å²) >= 11 is 9.81. The van der Waals surface area contributed by atoms with Crippen LogP contribution in [0.3, 0.4) is 0 Å². The lowest BCUT2D eigenvalue weighted by Crippen LogP contribution is -2.45. The fourth-order valence-electron chi connectivity index (χ4n) is 6.50. The molecule has 8 heteroatoms. The summed E-state index contributed by atoms with van der Waals surface area (Å²) in [6.45, 7) is 8.75. The molecule has 1 heterocycles. The van der Waals surface area contributed by atoms with Crippen LogP contribution in [0.25, 0.3) is 0 Å². The van der Waals surface area contributed by atoms with Crippen LogP contribution in [0.4, 0.5) is 0 Å². The Bertz CT molecular complexity index is 1450. The number of carbonyl (C=O) groups is 3. The molecule has 0 aromatic heterocycles. The third kappa shape index (κ3) is 6.17. The molecule has 0 fully saturated rings. The van der Waals surface area contributed by atoms with Crippen molar-refractivity contribution in [1.82, 2.24) is 4.90 Å². The van der Waals surface area contributed by atoms with Gasteiger partial charge in [-0.1, -0.05) is 67.4 Å². The number of aliphatic carboxylic acids is 1. The van der Waals surface area contributed by atoms with Gasteiger partial charge in [0.25, 0.3) is 0 Å². The average Bonchev–Trinajstić information content (AvgIpc) is 2.85. The van der Waals surface area contributed by atoms with E-state index in [-0.39, 0.29) is 42.0 Å². The molecule has 3 aliphatic rings. The number of Topliss-reactive ketones (excluding diaryl/α,β-unsaturated/α-hetero) is 2. The summed E-state index contributed by atoms with van der Waals surface area (Å²) in [6.07, 6.45) is 1.84. The largest absolute Gasteiger partial charge is 0.489 e. The molecule has 0 saturated heterocycles. The molecule has 2 aromatic rings. The fraction of sp³-hybridized carbons (Fsp3) is 0.424. The van der Waals surface area contributed by atoms with Gasteiger partial charge in [0.2, 0.25) is 0 Å². The molecule has 0 spiro atoms. The first-order valence-corrected chi connectivity index (χ1v) is 15.1. The molecule has 41 heavy (non-hydrogen) atoms. The summed E-state index contributed by atoms with van der Waals surface area (Å²) in [5.41, 5.74) is 3.92. The minimum Gasteiger partial charge on any atom is -0.489 e. The molecule has 2 aliphatic carbocycles. The Kier molecular flexibility index (Phi) is 7.99. The van der Waals surface area contributed by atoms with Gasteiger partial charge in [0.1, 0.15) is 12.4 Å². The normalized spacial score (nSPS) is 20.2. The number of hydrogen-bond donors (Lipinski definition) is 1. The van der Waals surface area contributed by atoms with Gasteiger partial charge in [0.05, 0.1) is 6.42 Å². The van der Waals surface area contributed by atoms with Crippen molar-refractivity contribution in [2.45, 2.75) is 72.3 Å². The number of rotatable bonds is 7. The Labute approximate surface area is 254 Å². The van der Waals surface area contributed by atoms with Crippen LogP contribution in [-0.2, 0) is 21.0 Å². The Balaban J connectivity index is 1.70. The van der Waals surface area contributed by atoms with E-state index >= 15 is 0 Å². The van der Waals surface area contributed by atoms with Gasteiger partial charge in [0, 0.05) is 62.9 Å². The number of nitrogens with zero attached hydrogens (tertiary/aromatic N) is 1. The highest BCUT2D eigenvalue weighted by molar-refractivity contribution is 9.10. The van der Waals surface area contributed by atoms with Crippen molar-refractivity contribution >= 4 is 45.1 Å². The van der Waals surface area contributed by atoms with E-state index in [4.69, 9.17) is 16.3 Å². The topological polar surface area (TPSA) is 83.9 Å². The van der Waals surface area contributed by atoms with Crippen LogP contribution >= 0.6 is 27.5 Å². The van der Waals surface area contributed by atoms with Gasteiger partial charge >= 0.3 is 5.97 Å². The Morgan fingerprint density at radius 1 is 0.976 bits per heavy atom. The van der Waals surface area contributed by atoms with E-state index < -0.39 is 11.9 Å². The maximum atomic E-state index is 14.0. The standard InChI is InChI=1S/C33H35BrClNO5/c1-32(2)14-23-30(25(37)16-32)29(31-24(36(23)11-10-28(39)40)15-33(3,4)17-26(31)38)22-13-20(34)8-9-27(22)41-18-19-6-5-7-21(35)12-19/h5-9,12-13,29H,10-11,14-18H2,1-4H3,(H,39,40). The van der Waals surface area contributed by atoms with Gasteiger partial charge in [-0.15, -0.1) is 0 Å². The number of benzene rings is 2. The van der Waals surface area contributed by atoms with E-state index in [9.17, 15) is 19.5 Å². The fourth-order valence-corrected chi connectivity index (χ4v) is 7.09. The number of carbonyl (C=O) groups excluding carboxylic acids is 2. The zero-order chi connectivity index (χ0) is 29.7. The maximum absolute atomic E-state index is 14.0. The first-order chi connectivity index (χ1) is 19.2. The van der Waals surface area contributed by atoms with Crippen LogP contribution in [0.15, 0.2) is 69.5 Å². The average molecular weight is 641 g/mol. The van der Waals surface area contributed by atoms with Gasteiger partial charge in [-0.3, -0.25) is 14.4 Å². The van der Waals surface area contributed by atoms with Crippen molar-refractivity contribution in [3.63, 3.8) is 0 Å². The molecule has 0 radical (unpaired) electrons. The molecule has 5 rings (SSSR count). The van der Waals surface area contributed by atoms with E-state index in [1.54, 1.807) is 0 Å². The van der Waals surface area contributed by atoms with Crippen LogP contribution in [0, 0.1) is 10.8 Å². The number of hydrogen-bond acceptors (Lipinski definition) is 5. The summed E-state index contributed by atoms with van der Waals surface area (Å²) < 4.78 is 7.18. The summed E-state index contributed by atoms with van der Waals surface area (Å²) in [5, 5.41) is 10.2. The van der Waals surface area contributed by atoms with Crippen molar-refractivity contribution < 1.29 is 24.2 Å². The molecule has 0 amide bonds. The molecule has 1 N–H and O–H groups in total. The minimum atomic E-state index is -0.914. The second kappa shape index (κ2) is 11.1. The lowest BCUT2D eigenvalue weighted by molar-refractivity contribution is -0.137. The quantitative estimate of drug-likeness (QED) is 0.332. The molecule has 2 aromatic carbocycles. The Morgan fingerprint density at radius 2 is 1.59 bits per heavy atom. The number of ketones is 2. The van der Waals surface area contributed by atoms with Crippen LogP contribution in [0.2, 0.25) is 5.02 Å². The van der Waals surface area contributed by atoms with Crippen molar-refractivity contribution in [2.75, 3.05) is 6.54 Å².